The molecule has 0 N–H and O–H groups in total. The summed E-state index contributed by atoms with van der Waals surface area (Å²) >= 11 is 0. The Labute approximate surface area is 412 Å². The molecular weight excluding hydrogens is 829 g/mol. The fourth-order valence-corrected chi connectivity index (χ4v) is 7.16. The maximum absolute atomic E-state index is 12.8. The van der Waals surface area contributed by atoms with Gasteiger partial charge in [-0.25, -0.2) is 0 Å². The van der Waals surface area contributed by atoms with Crippen molar-refractivity contribution in [2.75, 3.05) is 13.2 Å². The summed E-state index contributed by atoms with van der Waals surface area (Å²) in [5.74, 6) is -0.951. The third-order valence-corrected chi connectivity index (χ3v) is 11.3. The van der Waals surface area contributed by atoms with Crippen molar-refractivity contribution in [1.82, 2.24) is 0 Å². The zero-order chi connectivity index (χ0) is 48.6. The van der Waals surface area contributed by atoms with Gasteiger partial charge in [0.1, 0.15) is 13.2 Å². The molecule has 0 rings (SSSR count). The molecule has 0 saturated carbocycles. The summed E-state index contributed by atoms with van der Waals surface area (Å²) in [6.45, 7) is 6.39. The number of hydrogen-bond donors (Lipinski definition) is 0. The predicted octanol–water partition coefficient (Wildman–Crippen LogP) is 18.3. The number of carbonyl (C=O) groups excluding carboxylic acids is 3. The van der Waals surface area contributed by atoms with Gasteiger partial charge in [-0.3, -0.25) is 14.4 Å². The highest BCUT2D eigenvalue weighted by atomic mass is 16.6. The monoisotopic (exact) mass is 929 g/mol. The zero-order valence-corrected chi connectivity index (χ0v) is 43.4. The van der Waals surface area contributed by atoms with E-state index in [-0.39, 0.29) is 31.1 Å². The molecule has 380 valence electrons. The molecule has 0 bridgehead atoms. The molecule has 0 aromatic heterocycles. The second kappa shape index (κ2) is 54.7. The van der Waals surface area contributed by atoms with Crippen molar-refractivity contribution in [2.24, 2.45) is 0 Å². The first kappa shape index (κ1) is 63.1. The first-order chi connectivity index (χ1) is 33.0. The molecule has 1 atom stereocenters. The van der Waals surface area contributed by atoms with E-state index in [0.29, 0.717) is 19.3 Å². The van der Waals surface area contributed by atoms with Crippen molar-refractivity contribution >= 4 is 17.9 Å². The third kappa shape index (κ3) is 52.9. The average molecular weight is 929 g/mol. The zero-order valence-electron chi connectivity index (χ0n) is 43.4. The Morgan fingerprint density at radius 1 is 0.313 bits per heavy atom. The molecule has 0 radical (unpaired) electrons. The maximum Gasteiger partial charge on any atom is 0.306 e. The minimum atomic E-state index is -0.794. The quantitative estimate of drug-likeness (QED) is 0.0262. The van der Waals surface area contributed by atoms with Crippen LogP contribution < -0.4 is 0 Å². The van der Waals surface area contributed by atoms with Crippen LogP contribution in [0.4, 0.5) is 0 Å². The summed E-state index contributed by atoms with van der Waals surface area (Å²) in [6.07, 6.45) is 74.0. The molecule has 1 unspecified atom stereocenters. The van der Waals surface area contributed by atoms with Gasteiger partial charge in [-0.2, -0.15) is 0 Å². The van der Waals surface area contributed by atoms with Crippen molar-refractivity contribution in [3.05, 3.63) is 109 Å². The lowest BCUT2D eigenvalue weighted by atomic mass is 10.1. The van der Waals surface area contributed by atoms with Gasteiger partial charge in [-0.15, -0.1) is 0 Å². The van der Waals surface area contributed by atoms with Crippen LogP contribution in [0.2, 0.25) is 0 Å². The standard InChI is InChI=1S/C61H100O6/c1-4-7-10-13-15-17-19-21-23-25-27-29-30-32-33-35-37-39-41-43-45-48-51-54-60(63)66-57-58(56-65-59(62)53-50-47-12-9-6-3)67-61(64)55-52-49-46-44-42-40-38-36-34-31-28-26-24-22-20-18-16-14-11-8-5-2/h7,10,15,17,20-23,26-29,32-34,36-37,39,58H,4-6,8-9,11-14,16,18-19,24-25,30-31,35,38,40-57H2,1-3H3/b10-7-,17-15-,22-20-,23-21-,28-26-,29-27-,33-32-,36-34-,39-37-. The summed E-state index contributed by atoms with van der Waals surface area (Å²) in [5.41, 5.74) is 0. The Kier molecular flexibility index (Phi) is 51.5. The molecule has 0 saturated heterocycles. The number of esters is 3. The smallest absolute Gasteiger partial charge is 0.306 e. The summed E-state index contributed by atoms with van der Waals surface area (Å²) in [7, 11) is 0. The molecule has 0 aromatic carbocycles. The topological polar surface area (TPSA) is 78.9 Å². The Bertz CT molecular complexity index is 1390. The minimum absolute atomic E-state index is 0.0944. The van der Waals surface area contributed by atoms with Gasteiger partial charge in [0.25, 0.3) is 0 Å². The Balaban J connectivity index is 4.24. The Morgan fingerprint density at radius 3 is 0.910 bits per heavy atom. The van der Waals surface area contributed by atoms with Crippen LogP contribution >= 0.6 is 0 Å². The molecule has 67 heavy (non-hydrogen) atoms. The highest BCUT2D eigenvalue weighted by Gasteiger charge is 2.19. The molecular formula is C61H100O6. The molecule has 0 amide bonds. The molecule has 0 spiro atoms. The van der Waals surface area contributed by atoms with Crippen LogP contribution in [0.5, 0.6) is 0 Å². The highest BCUT2D eigenvalue weighted by Crippen LogP contribution is 2.13. The summed E-state index contributed by atoms with van der Waals surface area (Å²) < 4.78 is 16.7. The van der Waals surface area contributed by atoms with Crippen molar-refractivity contribution in [1.29, 1.82) is 0 Å². The van der Waals surface area contributed by atoms with E-state index in [1.165, 1.54) is 51.4 Å². The minimum Gasteiger partial charge on any atom is -0.462 e. The first-order valence-electron chi connectivity index (χ1n) is 27.4. The second-order valence-corrected chi connectivity index (χ2v) is 17.8. The van der Waals surface area contributed by atoms with Crippen LogP contribution in [0.25, 0.3) is 0 Å². The number of unbranched alkanes of at least 4 members (excludes halogenated alkanes) is 19. The van der Waals surface area contributed by atoms with Crippen LogP contribution in [0.1, 0.15) is 239 Å². The summed E-state index contributed by atoms with van der Waals surface area (Å²) in [4.78, 5) is 37.8. The summed E-state index contributed by atoms with van der Waals surface area (Å²) in [6, 6.07) is 0. The van der Waals surface area contributed by atoms with Crippen LogP contribution in [-0.2, 0) is 28.6 Å². The molecule has 0 aromatic rings. The van der Waals surface area contributed by atoms with Gasteiger partial charge < -0.3 is 14.2 Å². The maximum atomic E-state index is 12.8. The number of rotatable bonds is 48. The van der Waals surface area contributed by atoms with Gasteiger partial charge in [-0.05, 0) is 109 Å². The van der Waals surface area contributed by atoms with Gasteiger partial charge in [0.05, 0.1) is 0 Å². The number of ether oxygens (including phenoxy) is 3. The largest absolute Gasteiger partial charge is 0.462 e. The molecule has 0 fully saturated rings. The highest BCUT2D eigenvalue weighted by molar-refractivity contribution is 5.71. The van der Waals surface area contributed by atoms with E-state index in [1.807, 2.05) is 0 Å². The van der Waals surface area contributed by atoms with E-state index in [2.05, 4.69) is 130 Å². The Hall–Kier alpha value is -3.93. The van der Waals surface area contributed by atoms with Crippen molar-refractivity contribution in [3.8, 4) is 0 Å². The van der Waals surface area contributed by atoms with E-state index in [9.17, 15) is 14.4 Å². The lowest BCUT2D eigenvalue weighted by Crippen LogP contribution is -2.30. The second-order valence-electron chi connectivity index (χ2n) is 17.8. The van der Waals surface area contributed by atoms with Crippen molar-refractivity contribution in [2.45, 2.75) is 245 Å². The normalized spacial score (nSPS) is 12.9. The molecule has 6 heteroatoms. The fraction of sp³-hybridized carbons (Fsp3) is 0.656. The van der Waals surface area contributed by atoms with Crippen molar-refractivity contribution < 1.29 is 28.6 Å². The lowest BCUT2D eigenvalue weighted by molar-refractivity contribution is -0.167. The molecule has 0 aliphatic rings. The van der Waals surface area contributed by atoms with Gasteiger partial charge >= 0.3 is 17.9 Å². The molecule has 6 nitrogen and oxygen atoms in total. The van der Waals surface area contributed by atoms with Crippen LogP contribution in [0, 0.1) is 0 Å². The fourth-order valence-electron chi connectivity index (χ4n) is 7.16. The first-order valence-corrected chi connectivity index (χ1v) is 27.4. The van der Waals surface area contributed by atoms with Crippen LogP contribution in [-0.4, -0.2) is 37.2 Å². The van der Waals surface area contributed by atoms with Gasteiger partial charge in [0.2, 0.25) is 0 Å². The molecule has 0 heterocycles. The van der Waals surface area contributed by atoms with Crippen LogP contribution in [0.15, 0.2) is 109 Å². The van der Waals surface area contributed by atoms with Gasteiger partial charge in [-0.1, -0.05) is 220 Å². The van der Waals surface area contributed by atoms with E-state index >= 15 is 0 Å². The van der Waals surface area contributed by atoms with Crippen LogP contribution in [0.3, 0.4) is 0 Å². The number of hydrogen-bond acceptors (Lipinski definition) is 6. The number of carbonyl (C=O) groups is 3. The average Bonchev–Trinajstić information content (AvgIpc) is 3.33. The van der Waals surface area contributed by atoms with E-state index in [4.69, 9.17) is 14.2 Å². The van der Waals surface area contributed by atoms with E-state index in [1.54, 1.807) is 0 Å². The van der Waals surface area contributed by atoms with Gasteiger partial charge in [0, 0.05) is 19.3 Å². The summed E-state index contributed by atoms with van der Waals surface area (Å²) in [5, 5.41) is 0. The van der Waals surface area contributed by atoms with E-state index in [0.717, 1.165) is 148 Å². The third-order valence-electron chi connectivity index (χ3n) is 11.3. The van der Waals surface area contributed by atoms with Gasteiger partial charge in [0.15, 0.2) is 6.10 Å². The molecule has 0 aliphatic carbocycles. The lowest BCUT2D eigenvalue weighted by Gasteiger charge is -2.18. The van der Waals surface area contributed by atoms with E-state index < -0.39 is 6.10 Å². The predicted molar refractivity (Wildman–Crippen MR) is 288 cm³/mol. The SMILES string of the molecule is CC/C=C\C/C=C\C/C=C\C/C=C\C/C=C\C/C=C\CCCCCCC(=O)OCC(COC(=O)CCCCCCC)OC(=O)CCCCCCCC/C=C\C/C=C\C/C=C\CCCCCCC. The molecule has 0 aliphatic heterocycles. The van der Waals surface area contributed by atoms with Crippen molar-refractivity contribution in [3.63, 3.8) is 0 Å². The Morgan fingerprint density at radius 2 is 0.582 bits per heavy atom. The number of allylic oxidation sites excluding steroid dienone is 18.